The van der Waals surface area contributed by atoms with Gasteiger partial charge in [0, 0.05) is 12.2 Å². The molecule has 0 spiro atoms. The van der Waals surface area contributed by atoms with E-state index >= 15 is 0 Å². The van der Waals surface area contributed by atoms with Crippen molar-refractivity contribution in [2.24, 2.45) is 5.73 Å². The highest BCUT2D eigenvalue weighted by Crippen LogP contribution is 2.17. The molecule has 1 aromatic rings. The summed E-state index contributed by atoms with van der Waals surface area (Å²) in [5.74, 6) is -1.57. The molecule has 0 bridgehead atoms. The van der Waals surface area contributed by atoms with Gasteiger partial charge in [-0.1, -0.05) is 32.0 Å². The molecule has 0 aliphatic rings. The van der Waals surface area contributed by atoms with Gasteiger partial charge in [0.15, 0.2) is 0 Å². The number of nitrogens with two attached hydrogens (primary N) is 1. The Hall–Kier alpha value is -1.92. The number of rotatable bonds is 8. The van der Waals surface area contributed by atoms with E-state index in [1.165, 1.54) is 0 Å². The van der Waals surface area contributed by atoms with Crippen LogP contribution in [-0.2, 0) is 16.1 Å². The van der Waals surface area contributed by atoms with E-state index in [1.807, 2.05) is 18.2 Å². The summed E-state index contributed by atoms with van der Waals surface area (Å²) in [5, 5.41) is 11.4. The van der Waals surface area contributed by atoms with Gasteiger partial charge in [-0.05, 0) is 24.7 Å². The highest BCUT2D eigenvalue weighted by Gasteiger charge is 2.18. The van der Waals surface area contributed by atoms with Gasteiger partial charge in [-0.25, -0.2) is 0 Å². The van der Waals surface area contributed by atoms with E-state index in [0.29, 0.717) is 5.69 Å². The maximum atomic E-state index is 11.9. The number of hydrogen-bond donors (Lipinski definition) is 3. The number of anilines is 1. The molecule has 1 aromatic carbocycles. The van der Waals surface area contributed by atoms with Crippen molar-refractivity contribution in [1.82, 2.24) is 4.90 Å². The van der Waals surface area contributed by atoms with Gasteiger partial charge >= 0.3 is 5.97 Å². The second-order valence-corrected chi connectivity index (χ2v) is 4.81. The number of aliphatic carboxylic acids is 1. The first kappa shape index (κ1) is 17.1. The average molecular weight is 293 g/mol. The van der Waals surface area contributed by atoms with Gasteiger partial charge < -0.3 is 16.2 Å². The van der Waals surface area contributed by atoms with Crippen LogP contribution in [0.1, 0.15) is 25.8 Å². The predicted octanol–water partition coefficient (Wildman–Crippen LogP) is 1.27. The molecule has 21 heavy (non-hydrogen) atoms. The second-order valence-electron chi connectivity index (χ2n) is 4.81. The molecule has 0 radical (unpaired) electrons. The van der Waals surface area contributed by atoms with Gasteiger partial charge in [-0.3, -0.25) is 14.5 Å². The maximum absolute atomic E-state index is 11.9. The lowest BCUT2D eigenvalue weighted by molar-refractivity contribution is -0.138. The lowest BCUT2D eigenvalue weighted by atomic mass is 10.1. The Morgan fingerprint density at radius 1 is 1.29 bits per heavy atom. The first-order valence-corrected chi connectivity index (χ1v) is 7.06. The summed E-state index contributed by atoms with van der Waals surface area (Å²) < 4.78 is 0. The lowest BCUT2D eigenvalue weighted by Gasteiger charge is -2.20. The smallest absolute Gasteiger partial charge is 0.305 e. The van der Waals surface area contributed by atoms with E-state index in [2.05, 4.69) is 24.1 Å². The molecule has 4 N–H and O–H groups in total. The normalized spacial score (nSPS) is 12.2. The summed E-state index contributed by atoms with van der Waals surface area (Å²) in [7, 11) is 0. The van der Waals surface area contributed by atoms with Crippen molar-refractivity contribution in [3.63, 3.8) is 0 Å². The Kier molecular flexibility index (Phi) is 6.84. The van der Waals surface area contributed by atoms with Crippen LogP contribution in [0.25, 0.3) is 0 Å². The summed E-state index contributed by atoms with van der Waals surface area (Å²) >= 11 is 0. The molecule has 0 aromatic heterocycles. The SMILES string of the molecule is CCN(CC)Cc1ccccc1NC(=O)C(N)CC(=O)O. The average Bonchev–Trinajstić information content (AvgIpc) is 2.45. The van der Waals surface area contributed by atoms with Gasteiger partial charge in [-0.15, -0.1) is 0 Å². The standard InChI is InChI=1S/C15H23N3O3/c1-3-18(4-2)10-11-7-5-6-8-13(11)17-15(21)12(16)9-14(19)20/h5-8,12H,3-4,9-10,16H2,1-2H3,(H,17,21)(H,19,20). The van der Waals surface area contributed by atoms with Crippen LogP contribution >= 0.6 is 0 Å². The Morgan fingerprint density at radius 3 is 2.48 bits per heavy atom. The molecule has 1 amide bonds. The molecule has 0 aliphatic carbocycles. The Balaban J connectivity index is 2.79. The molecule has 0 heterocycles. The molecule has 1 rings (SSSR count). The van der Waals surface area contributed by atoms with Crippen molar-refractivity contribution in [2.75, 3.05) is 18.4 Å². The van der Waals surface area contributed by atoms with E-state index < -0.39 is 17.9 Å². The molecule has 6 heteroatoms. The molecule has 0 saturated carbocycles. The lowest BCUT2D eigenvalue weighted by Crippen LogP contribution is -2.37. The molecule has 0 aliphatic heterocycles. The zero-order chi connectivity index (χ0) is 15.8. The summed E-state index contributed by atoms with van der Waals surface area (Å²) in [5.41, 5.74) is 7.23. The van der Waals surface area contributed by atoms with E-state index in [1.54, 1.807) is 6.07 Å². The summed E-state index contributed by atoms with van der Waals surface area (Å²) in [6.07, 6.45) is -0.385. The Labute approximate surface area is 124 Å². The van der Waals surface area contributed by atoms with Gasteiger partial charge in [0.05, 0.1) is 12.5 Å². The number of carboxylic acid groups (broad SMARTS) is 1. The van der Waals surface area contributed by atoms with Crippen LogP contribution in [0.2, 0.25) is 0 Å². The zero-order valence-corrected chi connectivity index (χ0v) is 12.5. The third-order valence-electron chi connectivity index (χ3n) is 3.29. The molecule has 6 nitrogen and oxygen atoms in total. The third kappa shape index (κ3) is 5.53. The van der Waals surface area contributed by atoms with E-state index in [-0.39, 0.29) is 6.42 Å². The first-order chi connectivity index (χ1) is 9.97. The summed E-state index contributed by atoms with van der Waals surface area (Å²) in [6.45, 7) is 6.70. The Bertz CT molecular complexity index is 487. The predicted molar refractivity (Wildman–Crippen MR) is 81.9 cm³/mol. The quantitative estimate of drug-likeness (QED) is 0.671. The van der Waals surface area contributed by atoms with Gasteiger partial charge in [-0.2, -0.15) is 0 Å². The maximum Gasteiger partial charge on any atom is 0.305 e. The number of nitrogens with one attached hydrogen (secondary N) is 1. The molecule has 0 saturated heterocycles. The van der Waals surface area contributed by atoms with Gasteiger partial charge in [0.1, 0.15) is 0 Å². The number of hydrogen-bond acceptors (Lipinski definition) is 4. The fourth-order valence-corrected chi connectivity index (χ4v) is 1.97. The van der Waals surface area contributed by atoms with E-state index in [0.717, 1.165) is 25.2 Å². The van der Waals surface area contributed by atoms with Crippen LogP contribution in [0.3, 0.4) is 0 Å². The monoisotopic (exact) mass is 293 g/mol. The molecule has 116 valence electrons. The van der Waals surface area contributed by atoms with Crippen molar-refractivity contribution in [2.45, 2.75) is 32.9 Å². The minimum absolute atomic E-state index is 0.385. The van der Waals surface area contributed by atoms with E-state index in [4.69, 9.17) is 10.8 Å². The van der Waals surface area contributed by atoms with Crippen LogP contribution < -0.4 is 11.1 Å². The van der Waals surface area contributed by atoms with Crippen LogP contribution in [0, 0.1) is 0 Å². The molecule has 1 atom stereocenters. The van der Waals surface area contributed by atoms with Crippen molar-refractivity contribution in [1.29, 1.82) is 0 Å². The number of carbonyl (C=O) groups is 2. The van der Waals surface area contributed by atoms with Crippen LogP contribution in [0.15, 0.2) is 24.3 Å². The van der Waals surface area contributed by atoms with E-state index in [9.17, 15) is 9.59 Å². The number of carboxylic acids is 1. The highest BCUT2D eigenvalue weighted by molar-refractivity contribution is 5.97. The minimum atomic E-state index is -1.09. The number of benzene rings is 1. The first-order valence-electron chi connectivity index (χ1n) is 7.06. The number of carbonyl (C=O) groups excluding carboxylic acids is 1. The van der Waals surface area contributed by atoms with Crippen molar-refractivity contribution < 1.29 is 14.7 Å². The minimum Gasteiger partial charge on any atom is -0.481 e. The molecule has 1 unspecified atom stereocenters. The fourth-order valence-electron chi connectivity index (χ4n) is 1.97. The third-order valence-corrected chi connectivity index (χ3v) is 3.29. The van der Waals surface area contributed by atoms with Crippen molar-refractivity contribution in [3.05, 3.63) is 29.8 Å². The molecular formula is C15H23N3O3. The summed E-state index contributed by atoms with van der Waals surface area (Å²) in [4.78, 5) is 24.7. The van der Waals surface area contributed by atoms with Crippen LogP contribution in [-0.4, -0.2) is 41.0 Å². The zero-order valence-electron chi connectivity index (χ0n) is 12.5. The molecule has 0 fully saturated rings. The van der Waals surface area contributed by atoms with Gasteiger partial charge in [0.25, 0.3) is 0 Å². The Morgan fingerprint density at radius 2 is 1.90 bits per heavy atom. The number of nitrogens with zero attached hydrogens (tertiary/aromatic N) is 1. The van der Waals surface area contributed by atoms with Crippen LogP contribution in [0.4, 0.5) is 5.69 Å². The largest absolute Gasteiger partial charge is 0.481 e. The van der Waals surface area contributed by atoms with Gasteiger partial charge in [0.2, 0.25) is 5.91 Å². The van der Waals surface area contributed by atoms with Crippen LogP contribution in [0.5, 0.6) is 0 Å². The van der Waals surface area contributed by atoms with Crippen molar-refractivity contribution in [3.8, 4) is 0 Å². The number of amides is 1. The topological polar surface area (TPSA) is 95.7 Å². The summed E-state index contributed by atoms with van der Waals surface area (Å²) in [6, 6.07) is 6.42. The second kappa shape index (κ2) is 8.39. The van der Waals surface area contributed by atoms with Crippen molar-refractivity contribution >= 4 is 17.6 Å². The molecular weight excluding hydrogens is 270 g/mol. The highest BCUT2D eigenvalue weighted by atomic mass is 16.4. The number of para-hydroxylation sites is 1. The fraction of sp³-hybridized carbons (Fsp3) is 0.467.